The molecule has 2 aromatic carbocycles. The average molecular weight is 401 g/mol. The number of carboxylic acid groups (broad SMARTS) is 1. The van der Waals surface area contributed by atoms with Crippen molar-refractivity contribution < 1.29 is 14.3 Å². The number of hydrogen-bond donors (Lipinski definition) is 2. The molecule has 0 amide bonds. The molecule has 0 saturated carbocycles. The fraction of sp³-hybridized carbons (Fsp3) is 0.227. The van der Waals surface area contributed by atoms with Gasteiger partial charge in [-0.2, -0.15) is 0 Å². The van der Waals surface area contributed by atoms with Gasteiger partial charge in [-0.05, 0) is 49.2 Å². The van der Waals surface area contributed by atoms with Crippen molar-refractivity contribution in [3.63, 3.8) is 0 Å². The molecule has 0 radical (unpaired) electrons. The topological polar surface area (TPSA) is 54.3 Å². The van der Waals surface area contributed by atoms with Crippen LogP contribution in [0.5, 0.6) is 0 Å². The molecule has 0 fully saturated rings. The predicted molar refractivity (Wildman–Crippen MR) is 108 cm³/mol. The highest BCUT2D eigenvalue weighted by molar-refractivity contribution is 6.30. The summed E-state index contributed by atoms with van der Waals surface area (Å²) in [4.78, 5) is 11.9. The highest BCUT2D eigenvalue weighted by atomic mass is 35.5. The Labute approximate surface area is 168 Å². The van der Waals surface area contributed by atoms with E-state index in [0.29, 0.717) is 35.9 Å². The first-order valence-electron chi connectivity index (χ1n) is 8.98. The third-order valence-electron chi connectivity index (χ3n) is 4.90. The summed E-state index contributed by atoms with van der Waals surface area (Å²) in [6, 6.07) is 13.9. The number of nitrogens with one attached hydrogen (secondary N) is 1. The van der Waals surface area contributed by atoms with Crippen LogP contribution in [0.4, 0.5) is 4.39 Å². The van der Waals surface area contributed by atoms with Crippen LogP contribution in [0, 0.1) is 19.7 Å². The standard InChI is InChI=1S/C22H22ClFN2O2/c1-14-20(12-25-11-17-4-3-5-19(24)10-17)21(22(27)28)15(2)26(14)13-16-6-8-18(23)9-7-16/h3-10,25H,11-13H2,1-2H3,(H,27,28). The molecule has 4 nitrogen and oxygen atoms in total. The molecule has 0 aliphatic heterocycles. The van der Waals surface area contributed by atoms with Gasteiger partial charge in [0, 0.05) is 41.6 Å². The van der Waals surface area contributed by atoms with Crippen LogP contribution in [0.1, 0.15) is 38.4 Å². The minimum Gasteiger partial charge on any atom is -0.478 e. The molecule has 0 aliphatic carbocycles. The first-order valence-corrected chi connectivity index (χ1v) is 9.36. The maximum Gasteiger partial charge on any atom is 0.337 e. The van der Waals surface area contributed by atoms with Crippen molar-refractivity contribution in [2.24, 2.45) is 0 Å². The fourth-order valence-electron chi connectivity index (χ4n) is 3.44. The number of carbonyl (C=O) groups is 1. The largest absolute Gasteiger partial charge is 0.478 e. The number of rotatable bonds is 7. The SMILES string of the molecule is Cc1c(CNCc2cccc(F)c2)c(C(=O)O)c(C)n1Cc1ccc(Cl)cc1. The van der Waals surface area contributed by atoms with Crippen LogP contribution in [0.25, 0.3) is 0 Å². The molecule has 0 aliphatic rings. The van der Waals surface area contributed by atoms with Crippen LogP contribution >= 0.6 is 11.6 Å². The van der Waals surface area contributed by atoms with E-state index < -0.39 is 5.97 Å². The summed E-state index contributed by atoms with van der Waals surface area (Å²) in [5, 5.41) is 13.6. The molecule has 2 N–H and O–H groups in total. The van der Waals surface area contributed by atoms with Gasteiger partial charge in [0.05, 0.1) is 5.56 Å². The molecule has 146 valence electrons. The Bertz CT molecular complexity index is 997. The molecule has 0 saturated heterocycles. The second kappa shape index (κ2) is 8.59. The zero-order valence-corrected chi connectivity index (χ0v) is 16.6. The fourth-order valence-corrected chi connectivity index (χ4v) is 3.56. The first-order chi connectivity index (χ1) is 13.4. The number of nitrogens with zero attached hydrogens (tertiary/aromatic N) is 1. The molecule has 0 spiro atoms. The summed E-state index contributed by atoms with van der Waals surface area (Å²) in [5.41, 5.74) is 4.53. The van der Waals surface area contributed by atoms with Gasteiger partial charge < -0.3 is 15.0 Å². The Morgan fingerprint density at radius 2 is 1.79 bits per heavy atom. The number of carboxylic acids is 1. The van der Waals surface area contributed by atoms with E-state index in [1.54, 1.807) is 6.07 Å². The Hall–Kier alpha value is -2.63. The van der Waals surface area contributed by atoms with Gasteiger partial charge in [0.15, 0.2) is 0 Å². The molecule has 1 heterocycles. The normalized spacial score (nSPS) is 11.0. The van der Waals surface area contributed by atoms with Gasteiger partial charge in [0.1, 0.15) is 5.82 Å². The van der Waals surface area contributed by atoms with E-state index in [9.17, 15) is 14.3 Å². The third-order valence-corrected chi connectivity index (χ3v) is 5.15. The van der Waals surface area contributed by atoms with Crippen LogP contribution in [0.3, 0.4) is 0 Å². The van der Waals surface area contributed by atoms with Crippen molar-refractivity contribution in [2.45, 2.75) is 33.5 Å². The van der Waals surface area contributed by atoms with Gasteiger partial charge in [0.25, 0.3) is 0 Å². The lowest BCUT2D eigenvalue weighted by Crippen LogP contribution is -2.15. The maximum atomic E-state index is 13.3. The minimum absolute atomic E-state index is 0.285. The lowest BCUT2D eigenvalue weighted by Gasteiger charge is -2.10. The van der Waals surface area contributed by atoms with Gasteiger partial charge in [-0.1, -0.05) is 35.9 Å². The van der Waals surface area contributed by atoms with E-state index in [1.165, 1.54) is 12.1 Å². The quantitative estimate of drug-likeness (QED) is 0.591. The van der Waals surface area contributed by atoms with E-state index >= 15 is 0 Å². The number of hydrogen-bond acceptors (Lipinski definition) is 2. The second-order valence-corrected chi connectivity index (χ2v) is 7.21. The summed E-state index contributed by atoms with van der Waals surface area (Å²) in [6.45, 7) is 5.16. The maximum absolute atomic E-state index is 13.3. The zero-order valence-electron chi connectivity index (χ0n) is 15.8. The average Bonchev–Trinajstić information content (AvgIpc) is 2.88. The minimum atomic E-state index is -0.946. The van der Waals surface area contributed by atoms with E-state index in [-0.39, 0.29) is 5.82 Å². The molecule has 1 aromatic heterocycles. The third kappa shape index (κ3) is 4.43. The van der Waals surface area contributed by atoms with Crippen molar-refractivity contribution in [2.75, 3.05) is 0 Å². The lowest BCUT2D eigenvalue weighted by molar-refractivity contribution is 0.0694. The van der Waals surface area contributed by atoms with E-state index in [0.717, 1.165) is 22.4 Å². The van der Waals surface area contributed by atoms with Crippen LogP contribution in [-0.2, 0) is 19.6 Å². The van der Waals surface area contributed by atoms with Crippen molar-refractivity contribution in [1.29, 1.82) is 0 Å². The summed E-state index contributed by atoms with van der Waals surface area (Å²) in [5.74, 6) is -1.23. The molecule has 0 bridgehead atoms. The Balaban J connectivity index is 1.83. The van der Waals surface area contributed by atoms with Gasteiger partial charge in [-0.15, -0.1) is 0 Å². The van der Waals surface area contributed by atoms with E-state index in [1.807, 2.05) is 48.7 Å². The molecule has 0 atom stereocenters. The van der Waals surface area contributed by atoms with Crippen LogP contribution < -0.4 is 5.32 Å². The summed E-state index contributed by atoms with van der Waals surface area (Å²) in [6.07, 6.45) is 0. The number of aromatic nitrogens is 1. The van der Waals surface area contributed by atoms with Crippen molar-refractivity contribution in [3.8, 4) is 0 Å². The molecule has 3 rings (SSSR count). The molecular formula is C22H22ClFN2O2. The van der Waals surface area contributed by atoms with E-state index in [4.69, 9.17) is 11.6 Å². The van der Waals surface area contributed by atoms with Gasteiger partial charge in [0.2, 0.25) is 0 Å². The lowest BCUT2D eigenvalue weighted by atomic mass is 10.1. The van der Waals surface area contributed by atoms with Crippen LogP contribution in [0.2, 0.25) is 5.02 Å². The summed E-state index contributed by atoms with van der Waals surface area (Å²) < 4.78 is 15.3. The first kappa shape index (κ1) is 20.1. The predicted octanol–water partition coefficient (Wildman–Crippen LogP) is 4.93. The molecule has 6 heteroatoms. The molecule has 0 unspecified atom stereocenters. The zero-order chi connectivity index (χ0) is 20.3. The molecule has 28 heavy (non-hydrogen) atoms. The molecule has 3 aromatic rings. The number of benzene rings is 2. The van der Waals surface area contributed by atoms with Crippen LogP contribution in [-0.4, -0.2) is 15.6 Å². The van der Waals surface area contributed by atoms with E-state index in [2.05, 4.69) is 5.32 Å². The van der Waals surface area contributed by atoms with Crippen molar-refractivity contribution >= 4 is 17.6 Å². The van der Waals surface area contributed by atoms with Gasteiger partial charge in [-0.25, -0.2) is 9.18 Å². The van der Waals surface area contributed by atoms with Crippen LogP contribution in [0.15, 0.2) is 48.5 Å². The second-order valence-electron chi connectivity index (χ2n) is 6.78. The summed E-state index contributed by atoms with van der Waals surface area (Å²) >= 11 is 5.95. The molecular weight excluding hydrogens is 379 g/mol. The van der Waals surface area contributed by atoms with Crippen molar-refractivity contribution in [3.05, 3.63) is 93.0 Å². The number of halogens is 2. The monoisotopic (exact) mass is 400 g/mol. The Kier molecular flexibility index (Phi) is 6.17. The van der Waals surface area contributed by atoms with Gasteiger partial charge in [-0.3, -0.25) is 0 Å². The smallest absolute Gasteiger partial charge is 0.337 e. The summed E-state index contributed by atoms with van der Waals surface area (Å²) in [7, 11) is 0. The van der Waals surface area contributed by atoms with Gasteiger partial charge >= 0.3 is 5.97 Å². The van der Waals surface area contributed by atoms with Crippen molar-refractivity contribution in [1.82, 2.24) is 9.88 Å². The Morgan fingerprint density at radius 1 is 1.07 bits per heavy atom. The Morgan fingerprint density at radius 3 is 2.43 bits per heavy atom. The highest BCUT2D eigenvalue weighted by Crippen LogP contribution is 2.24. The highest BCUT2D eigenvalue weighted by Gasteiger charge is 2.22. The number of aromatic carboxylic acids is 1.